The molecule has 65 heavy (non-hydrogen) atoms. The molecule has 4 N–H and O–H groups in total. The Hall–Kier alpha value is 1.13. The van der Waals surface area contributed by atoms with Crippen molar-refractivity contribution >= 4 is 117 Å². The number of hydrogen-bond acceptors (Lipinski definition) is 8. The molecule has 0 amide bonds. The molecule has 0 atom stereocenters. The average molecular weight is 1140 g/mol. The van der Waals surface area contributed by atoms with E-state index < -0.39 is 0 Å². The third-order valence-corrected chi connectivity index (χ3v) is 12.4. The summed E-state index contributed by atoms with van der Waals surface area (Å²) < 4.78 is 2.04. The normalized spacial score (nSPS) is 10.2. The molecule has 0 spiro atoms. The number of thiocarbonyl (C=S) groups is 4. The maximum absolute atomic E-state index is 4.77. The van der Waals surface area contributed by atoms with E-state index in [-0.39, 0.29) is 21.1 Å². The first-order chi connectivity index (χ1) is 31.1. The summed E-state index contributed by atoms with van der Waals surface area (Å²) in [5.74, 6) is 0. The minimum Gasteiger partial charge on any atom is -0.412 e. The molecule has 0 aromatic rings. The Morgan fingerprint density at radius 1 is 0.231 bits per heavy atom. The van der Waals surface area contributed by atoms with E-state index in [2.05, 4.69) is 49.0 Å². The van der Waals surface area contributed by atoms with E-state index in [0.29, 0.717) is 17.3 Å². The smallest absolute Gasteiger partial charge is 0.412 e. The van der Waals surface area contributed by atoms with Gasteiger partial charge < -0.3 is 121 Å². The molecule has 0 aromatic heterocycles. The zero-order valence-electron chi connectivity index (χ0n) is 42.8. The molecule has 0 saturated carbocycles. The van der Waals surface area contributed by atoms with Gasteiger partial charge in [0.15, 0.2) is 0 Å². The molecule has 386 valence electrons. The summed E-state index contributed by atoms with van der Waals surface area (Å²) >= 11 is 38.2. The zero-order chi connectivity index (χ0) is 48.3. The van der Waals surface area contributed by atoms with Crippen LogP contribution < -0.4 is 21.3 Å². The molecule has 0 aliphatic carbocycles. The van der Waals surface area contributed by atoms with E-state index in [4.69, 9.17) is 99.4 Å². The molecule has 0 heterocycles. The Morgan fingerprint density at radius 3 is 0.446 bits per heavy atom. The van der Waals surface area contributed by atoms with Crippen LogP contribution in [0.25, 0.3) is 0 Å². The van der Waals surface area contributed by atoms with Gasteiger partial charge in [-0.05, 0) is 25.7 Å². The van der Waals surface area contributed by atoms with E-state index >= 15 is 0 Å². The maximum Gasteiger partial charge on any atom is 4.00 e. The fraction of sp³-hybridized carbons (Fsp3) is 0.923. The van der Waals surface area contributed by atoms with Crippen LogP contribution in [0.3, 0.4) is 0 Å². The van der Waals surface area contributed by atoms with Gasteiger partial charge in [-0.3, -0.25) is 0 Å². The van der Waals surface area contributed by atoms with Gasteiger partial charge in [0.1, 0.15) is 0 Å². The molecule has 0 saturated heterocycles. The molecule has 4 nitrogen and oxygen atoms in total. The van der Waals surface area contributed by atoms with Crippen LogP contribution >= 0.6 is 48.9 Å². The first kappa shape index (κ1) is 75.1. The van der Waals surface area contributed by atoms with Gasteiger partial charge in [-0.2, -0.15) is 0 Å². The third-order valence-electron chi connectivity index (χ3n) is 11.2. The van der Waals surface area contributed by atoms with E-state index in [0.717, 1.165) is 26.2 Å². The second-order valence-corrected chi connectivity index (χ2v) is 21.9. The number of rotatable bonds is 44. The van der Waals surface area contributed by atoms with Gasteiger partial charge in [0.25, 0.3) is 0 Å². The second kappa shape index (κ2) is 71.7. The summed E-state index contributed by atoms with van der Waals surface area (Å²) in [6, 6.07) is 0. The standard InChI is InChI=1S/4C13H27NS2.Mo/c4*1-2-3-4-5-6-7-8-9-10-11-12-14-13(15)16;/h4*2-12H2,1H3,(H2,14,15,16);/q;;;;+4/p-4. The third kappa shape index (κ3) is 92.0. The molecule has 0 aliphatic heterocycles. The maximum atomic E-state index is 4.77. The molecule has 0 aromatic carbocycles. The van der Waals surface area contributed by atoms with Crippen molar-refractivity contribution in [2.75, 3.05) is 26.2 Å². The van der Waals surface area contributed by atoms with Crippen LogP contribution in [-0.2, 0) is 71.6 Å². The summed E-state index contributed by atoms with van der Waals surface area (Å²) in [5.41, 5.74) is 0. The Kier molecular flexibility index (Phi) is 82.8. The van der Waals surface area contributed by atoms with Crippen LogP contribution in [0.4, 0.5) is 0 Å². The largest absolute Gasteiger partial charge is 4.00 e. The summed E-state index contributed by atoms with van der Waals surface area (Å²) in [6.07, 6.45) is 54.8. The predicted molar refractivity (Wildman–Crippen MR) is 319 cm³/mol. The molecule has 0 aliphatic rings. The van der Waals surface area contributed by atoms with Crippen LogP contribution in [-0.4, -0.2) is 43.5 Å². The van der Waals surface area contributed by atoms with Crippen molar-refractivity contribution in [3.8, 4) is 0 Å². The minimum absolute atomic E-state index is 0. The van der Waals surface area contributed by atoms with E-state index in [1.165, 1.54) is 257 Å². The van der Waals surface area contributed by atoms with Crippen molar-refractivity contribution in [2.45, 2.75) is 285 Å². The first-order valence-electron chi connectivity index (χ1n) is 26.9. The van der Waals surface area contributed by atoms with Crippen molar-refractivity contribution in [1.29, 1.82) is 0 Å². The minimum atomic E-state index is 0. The van der Waals surface area contributed by atoms with Crippen LogP contribution in [0, 0.1) is 0 Å². The molecule has 0 fully saturated rings. The van der Waals surface area contributed by atoms with Crippen LogP contribution in [0.1, 0.15) is 285 Å². The van der Waals surface area contributed by atoms with E-state index in [9.17, 15) is 0 Å². The van der Waals surface area contributed by atoms with E-state index in [1.807, 2.05) is 0 Å². The van der Waals surface area contributed by atoms with Gasteiger partial charge in [-0.25, -0.2) is 0 Å². The van der Waals surface area contributed by atoms with Crippen LogP contribution in [0.15, 0.2) is 0 Å². The monoisotopic (exact) mass is 1140 g/mol. The molecular weight excluding hydrogens is 1030 g/mol. The number of hydrogen-bond donors (Lipinski definition) is 4. The van der Waals surface area contributed by atoms with Crippen LogP contribution in [0.5, 0.6) is 0 Å². The SMILES string of the molecule is CCCCCCCCCCCCNC(=S)[S-].CCCCCCCCCCCCNC(=S)[S-].CCCCCCCCCCCCNC(=S)[S-].CCCCCCCCCCCCNC(=S)[S-].[Mo+4]. The van der Waals surface area contributed by atoms with Gasteiger partial charge in [0.05, 0.1) is 0 Å². The Morgan fingerprint density at radius 2 is 0.338 bits per heavy atom. The summed E-state index contributed by atoms with van der Waals surface area (Å²) in [4.78, 5) is 0. The number of unbranched alkanes of at least 4 members (excludes halogenated alkanes) is 36. The average Bonchev–Trinajstić information content (AvgIpc) is 3.26. The molecule has 13 heteroatoms. The van der Waals surface area contributed by atoms with Gasteiger partial charge >= 0.3 is 21.1 Å². The van der Waals surface area contributed by atoms with Gasteiger partial charge in [0.2, 0.25) is 0 Å². The van der Waals surface area contributed by atoms with Gasteiger partial charge in [-0.15, -0.1) is 0 Å². The van der Waals surface area contributed by atoms with Crippen LogP contribution in [0.2, 0.25) is 0 Å². The number of nitrogens with one attached hydrogen (secondary N) is 4. The Labute approximate surface area is 465 Å². The Balaban J connectivity index is -0.000000245. The predicted octanol–water partition coefficient (Wildman–Crippen LogP) is 17.3. The molecule has 0 bridgehead atoms. The van der Waals surface area contributed by atoms with Crippen molar-refractivity contribution in [3.05, 3.63) is 0 Å². The fourth-order valence-electron chi connectivity index (χ4n) is 7.21. The van der Waals surface area contributed by atoms with Crippen molar-refractivity contribution in [2.24, 2.45) is 0 Å². The van der Waals surface area contributed by atoms with Gasteiger partial charge in [-0.1, -0.05) is 276 Å². The van der Waals surface area contributed by atoms with Crippen molar-refractivity contribution < 1.29 is 21.1 Å². The van der Waals surface area contributed by atoms with Crippen molar-refractivity contribution in [3.63, 3.8) is 0 Å². The fourth-order valence-corrected chi connectivity index (χ4v) is 8.03. The molecule has 0 radical (unpaired) electrons. The quantitative estimate of drug-likeness (QED) is 0.0203. The Bertz CT molecular complexity index is 792. The zero-order valence-corrected chi connectivity index (χ0v) is 51.3. The second-order valence-electron chi connectivity index (χ2n) is 17.6. The van der Waals surface area contributed by atoms with Gasteiger partial charge in [0, 0.05) is 26.2 Å². The van der Waals surface area contributed by atoms with Crippen molar-refractivity contribution in [1.82, 2.24) is 21.3 Å². The first-order valence-corrected chi connectivity index (χ1v) is 30.1. The molecule has 0 rings (SSSR count). The molecule has 0 unspecified atom stereocenters. The topological polar surface area (TPSA) is 48.1 Å². The summed E-state index contributed by atoms with van der Waals surface area (Å²) in [7, 11) is 0. The molecular formula is C52H104MoN4S8. The summed E-state index contributed by atoms with van der Waals surface area (Å²) in [5, 5.41) is 12.1. The van der Waals surface area contributed by atoms with E-state index in [1.54, 1.807) is 0 Å². The summed E-state index contributed by atoms with van der Waals surface area (Å²) in [6.45, 7) is 12.9.